The number of anilines is 5. The highest BCUT2D eigenvalue weighted by Gasteiger charge is 2.32. The number of hydrogen-bond donors (Lipinski definition) is 2. The lowest BCUT2D eigenvalue weighted by Crippen LogP contribution is -2.47. The Balaban J connectivity index is 0.938. The van der Waals surface area contributed by atoms with Crippen LogP contribution in [0.3, 0.4) is 0 Å². The van der Waals surface area contributed by atoms with Gasteiger partial charge in [0, 0.05) is 69.4 Å². The summed E-state index contributed by atoms with van der Waals surface area (Å²) in [4.78, 5) is 46.2. The molecule has 1 aromatic heterocycles. The molecule has 3 atom stereocenters. The number of nitrogens with one attached hydrogen (secondary N) is 2. The first-order valence-electron chi connectivity index (χ1n) is 20.0. The molecule has 8 rings (SSSR count). The van der Waals surface area contributed by atoms with Crippen molar-refractivity contribution in [2.24, 2.45) is 13.0 Å². The van der Waals surface area contributed by atoms with E-state index in [4.69, 9.17) is 0 Å². The molecule has 2 N–H and O–H groups in total. The molecular weight excluding hydrogens is 708 g/mol. The molecule has 0 bridgehead atoms. The van der Waals surface area contributed by atoms with Crippen molar-refractivity contribution in [3.8, 4) is 6.07 Å². The lowest BCUT2D eigenvalue weighted by Gasteiger charge is -2.42. The van der Waals surface area contributed by atoms with Gasteiger partial charge in [0.15, 0.2) is 0 Å². The summed E-state index contributed by atoms with van der Waals surface area (Å²) >= 11 is 0. The molecule has 3 saturated heterocycles. The maximum Gasteiger partial charge on any atom is 0.253 e. The average Bonchev–Trinajstić information content (AvgIpc) is 3.19. The molecular formula is C44H51FN8O3. The highest BCUT2D eigenvalue weighted by Crippen LogP contribution is 2.43. The largest absolute Gasteiger partial charge is 0.374 e. The number of likely N-dealkylation sites (N-methyl/N-ethyl adjacent to an activating group) is 1. The van der Waals surface area contributed by atoms with Crippen LogP contribution in [0.15, 0.2) is 59.4 Å². The average molecular weight is 759 g/mol. The minimum absolute atomic E-state index is 0.0165. The van der Waals surface area contributed by atoms with Crippen LogP contribution in [-0.2, 0) is 16.6 Å². The molecule has 5 heterocycles. The topological polar surface area (TPSA) is 117 Å². The molecule has 0 spiro atoms. The van der Waals surface area contributed by atoms with Gasteiger partial charge in [-0.3, -0.25) is 19.7 Å². The predicted molar refractivity (Wildman–Crippen MR) is 220 cm³/mol. The number of benzene rings is 3. The van der Waals surface area contributed by atoms with Gasteiger partial charge in [0.05, 0.1) is 39.9 Å². The van der Waals surface area contributed by atoms with Crippen LogP contribution in [0.1, 0.15) is 68.1 Å². The van der Waals surface area contributed by atoms with Crippen molar-refractivity contribution in [1.29, 1.82) is 5.26 Å². The molecule has 292 valence electrons. The number of carbonyl (C=O) groups excluding carboxylic acids is 2. The third-order valence-corrected chi connectivity index (χ3v) is 12.7. The van der Waals surface area contributed by atoms with E-state index in [2.05, 4.69) is 62.4 Å². The molecule has 3 aromatic carbocycles. The number of rotatable bonds is 7. The Morgan fingerprint density at radius 3 is 2.39 bits per heavy atom. The molecule has 11 nitrogen and oxygen atoms in total. The second-order valence-electron chi connectivity index (χ2n) is 16.4. The fourth-order valence-electron chi connectivity index (χ4n) is 9.52. The predicted octanol–water partition coefficient (Wildman–Crippen LogP) is 6.15. The number of fused-ring (bicyclic) bond motifs is 2. The van der Waals surface area contributed by atoms with Crippen LogP contribution in [0.25, 0.3) is 10.9 Å². The van der Waals surface area contributed by atoms with Crippen molar-refractivity contribution in [2.75, 3.05) is 66.3 Å². The molecule has 3 fully saturated rings. The Hall–Kier alpha value is -5.41. The van der Waals surface area contributed by atoms with E-state index in [1.54, 1.807) is 10.6 Å². The van der Waals surface area contributed by atoms with Gasteiger partial charge < -0.3 is 29.5 Å². The van der Waals surface area contributed by atoms with Gasteiger partial charge in [-0.1, -0.05) is 0 Å². The van der Waals surface area contributed by atoms with Crippen molar-refractivity contribution in [3.63, 3.8) is 0 Å². The number of nitriles is 1. The Labute approximate surface area is 327 Å². The van der Waals surface area contributed by atoms with Crippen molar-refractivity contribution in [3.05, 3.63) is 87.5 Å². The quantitative estimate of drug-likeness (QED) is 0.214. The standard InChI is InChI=1S/C44H51FN8O3/c1-27-19-34-39(50(4)44(27)56)22-32(23-40(34)53-18-17-49(3)38-8-5-29(25-46)21-41(38)53)31-12-14-51(15-13-31)26-30-11-16-52(28(2)20-30)37-9-6-33(24-35(37)45)47-36-7-10-42(54)48-43(36)55/h5-6,8-9,19,21-24,28,30-31,36,47H,7,10-18,20,26H2,1-4H3,(H,48,54,55)/t28-,30?,36?/m0/s1. The van der Waals surface area contributed by atoms with Gasteiger partial charge in [-0.15, -0.1) is 0 Å². The number of aryl methyl sites for hydroxylation is 2. The minimum atomic E-state index is -0.554. The Morgan fingerprint density at radius 2 is 1.66 bits per heavy atom. The summed E-state index contributed by atoms with van der Waals surface area (Å²) in [5.41, 5.74) is 7.85. The molecule has 0 aliphatic carbocycles. The molecule has 4 aliphatic rings. The SMILES string of the molecule is Cc1cc2c(N3CCN(C)c4ccc(C#N)cc43)cc(C3CCN(CC4CCN(c5ccc(NC6CCC(=O)NC6=O)cc5F)[C@@H](C)C4)CC3)cc2n(C)c1=O. The number of aromatic nitrogens is 1. The van der Waals surface area contributed by atoms with E-state index in [0.717, 1.165) is 92.9 Å². The maximum atomic E-state index is 15.5. The van der Waals surface area contributed by atoms with Crippen LogP contribution in [0.2, 0.25) is 0 Å². The zero-order valence-corrected chi connectivity index (χ0v) is 32.8. The molecule has 4 aliphatic heterocycles. The van der Waals surface area contributed by atoms with E-state index in [-0.39, 0.29) is 35.7 Å². The summed E-state index contributed by atoms with van der Waals surface area (Å²) in [7, 11) is 3.96. The number of hydrogen-bond acceptors (Lipinski definition) is 9. The fourth-order valence-corrected chi connectivity index (χ4v) is 9.52. The Morgan fingerprint density at radius 1 is 0.875 bits per heavy atom. The van der Waals surface area contributed by atoms with E-state index in [1.807, 2.05) is 44.3 Å². The van der Waals surface area contributed by atoms with E-state index >= 15 is 4.39 Å². The Bertz CT molecular complexity index is 2290. The van der Waals surface area contributed by atoms with Crippen LogP contribution in [0.5, 0.6) is 0 Å². The number of carbonyl (C=O) groups is 2. The third kappa shape index (κ3) is 7.20. The normalized spacial score (nSPS) is 22.2. The summed E-state index contributed by atoms with van der Waals surface area (Å²) in [6.07, 6.45) is 4.68. The van der Waals surface area contributed by atoms with Gasteiger partial charge in [-0.2, -0.15) is 5.26 Å². The van der Waals surface area contributed by atoms with E-state index in [0.29, 0.717) is 40.8 Å². The van der Waals surface area contributed by atoms with E-state index < -0.39 is 6.04 Å². The van der Waals surface area contributed by atoms with Gasteiger partial charge in [-0.25, -0.2) is 4.39 Å². The summed E-state index contributed by atoms with van der Waals surface area (Å²) in [5, 5.41) is 16.2. The number of halogens is 1. The monoisotopic (exact) mass is 758 g/mol. The molecule has 12 heteroatoms. The van der Waals surface area contributed by atoms with E-state index in [9.17, 15) is 19.6 Å². The maximum absolute atomic E-state index is 15.5. The molecule has 4 aromatic rings. The lowest BCUT2D eigenvalue weighted by atomic mass is 9.86. The van der Waals surface area contributed by atoms with Crippen LogP contribution >= 0.6 is 0 Å². The van der Waals surface area contributed by atoms with Gasteiger partial charge in [-0.05, 0) is 131 Å². The smallest absolute Gasteiger partial charge is 0.253 e. The zero-order chi connectivity index (χ0) is 39.2. The highest BCUT2D eigenvalue weighted by atomic mass is 19.1. The molecule has 56 heavy (non-hydrogen) atoms. The van der Waals surface area contributed by atoms with Gasteiger partial charge in [0.25, 0.3) is 5.56 Å². The number of nitrogens with zero attached hydrogens (tertiary/aromatic N) is 6. The van der Waals surface area contributed by atoms with Crippen LogP contribution in [0.4, 0.5) is 32.8 Å². The summed E-state index contributed by atoms with van der Waals surface area (Å²) in [6.45, 7) is 9.48. The fraction of sp³-hybridized carbons (Fsp3) is 0.455. The van der Waals surface area contributed by atoms with Gasteiger partial charge >= 0.3 is 0 Å². The van der Waals surface area contributed by atoms with Crippen molar-refractivity contribution >= 4 is 51.2 Å². The third-order valence-electron chi connectivity index (χ3n) is 12.7. The van der Waals surface area contributed by atoms with Gasteiger partial charge in [0.1, 0.15) is 11.9 Å². The lowest BCUT2D eigenvalue weighted by molar-refractivity contribution is -0.133. The highest BCUT2D eigenvalue weighted by molar-refractivity contribution is 6.01. The summed E-state index contributed by atoms with van der Waals surface area (Å²) in [6, 6.07) is 19.5. The van der Waals surface area contributed by atoms with Gasteiger partial charge in [0.2, 0.25) is 11.8 Å². The second kappa shape index (κ2) is 15.3. The first kappa shape index (κ1) is 37.5. The van der Waals surface area contributed by atoms with Crippen molar-refractivity contribution < 1.29 is 14.0 Å². The summed E-state index contributed by atoms with van der Waals surface area (Å²) in [5.74, 6) is -0.0802. The van der Waals surface area contributed by atoms with Crippen LogP contribution < -0.4 is 30.9 Å². The number of likely N-dealkylation sites (tertiary alicyclic amines) is 1. The molecule has 2 unspecified atom stereocenters. The van der Waals surface area contributed by atoms with E-state index in [1.165, 1.54) is 11.6 Å². The number of imide groups is 1. The molecule has 2 amide bonds. The minimum Gasteiger partial charge on any atom is -0.374 e. The molecule has 0 radical (unpaired) electrons. The second-order valence-corrected chi connectivity index (χ2v) is 16.4. The summed E-state index contributed by atoms with van der Waals surface area (Å²) < 4.78 is 17.3. The number of pyridine rings is 1. The number of piperidine rings is 3. The number of amides is 2. The van der Waals surface area contributed by atoms with Crippen LogP contribution in [0, 0.1) is 30.0 Å². The first-order chi connectivity index (χ1) is 27.0. The van der Waals surface area contributed by atoms with Crippen molar-refractivity contribution in [1.82, 2.24) is 14.8 Å². The van der Waals surface area contributed by atoms with Crippen LogP contribution in [-0.4, -0.2) is 79.7 Å². The zero-order valence-electron chi connectivity index (χ0n) is 32.8. The molecule has 0 saturated carbocycles. The Kier molecular flexibility index (Phi) is 10.2. The van der Waals surface area contributed by atoms with Crippen molar-refractivity contribution in [2.45, 2.75) is 70.4 Å². The first-order valence-corrected chi connectivity index (χ1v) is 20.0.